The molecule has 1 unspecified atom stereocenters. The maximum absolute atomic E-state index is 8.89. The van der Waals surface area contributed by atoms with Crippen molar-refractivity contribution in [3.63, 3.8) is 0 Å². The van der Waals surface area contributed by atoms with Crippen LogP contribution in [0.2, 0.25) is 0 Å². The molecular formula is C7H15CuNO5. The molecule has 0 aromatic heterocycles. The fourth-order valence-corrected chi connectivity index (χ4v) is 0. The van der Waals surface area contributed by atoms with Crippen molar-refractivity contribution in [3.8, 4) is 0 Å². The average molecular weight is 257 g/mol. The van der Waals surface area contributed by atoms with E-state index in [0.29, 0.717) is 6.54 Å². The Hall–Kier alpha value is -0.621. The first-order valence-corrected chi connectivity index (χ1v) is 3.47. The van der Waals surface area contributed by atoms with Crippen LogP contribution < -0.4 is 15.9 Å². The van der Waals surface area contributed by atoms with Crippen molar-refractivity contribution in [2.24, 2.45) is 5.73 Å². The normalized spacial score (nSPS) is 8.93. The summed E-state index contributed by atoms with van der Waals surface area (Å²) in [7, 11) is 0. The Balaban J connectivity index is -0.0000000522. The van der Waals surface area contributed by atoms with E-state index >= 15 is 0 Å². The summed E-state index contributed by atoms with van der Waals surface area (Å²) < 4.78 is 0. The first kappa shape index (κ1) is 23.3. The van der Waals surface area contributed by atoms with Crippen LogP contribution in [0, 0.1) is 0 Å². The van der Waals surface area contributed by atoms with Gasteiger partial charge in [0.15, 0.2) is 0 Å². The minimum absolute atomic E-state index is 0. The minimum atomic E-state index is -1.08. The number of carboxylic acids is 2. The Labute approximate surface area is 93.6 Å². The Morgan fingerprint density at radius 2 is 1.36 bits per heavy atom. The maximum Gasteiger partial charge on any atom is 2.00 e. The van der Waals surface area contributed by atoms with Gasteiger partial charge in [0.25, 0.3) is 0 Å². The molecule has 0 aromatic rings. The van der Waals surface area contributed by atoms with Gasteiger partial charge in [-0.15, -0.1) is 0 Å². The second-order valence-corrected chi connectivity index (χ2v) is 2.07. The summed E-state index contributed by atoms with van der Waals surface area (Å²) in [5.74, 6) is -2.17. The van der Waals surface area contributed by atoms with Crippen molar-refractivity contribution < 1.29 is 42.0 Å². The van der Waals surface area contributed by atoms with Crippen LogP contribution in [-0.4, -0.2) is 29.7 Å². The van der Waals surface area contributed by atoms with Gasteiger partial charge in [0.05, 0.1) is 6.10 Å². The zero-order chi connectivity index (χ0) is 11.4. The topological polar surface area (TPSA) is 127 Å². The van der Waals surface area contributed by atoms with Gasteiger partial charge in [-0.05, 0) is 20.8 Å². The zero-order valence-electron chi connectivity index (χ0n) is 8.24. The molecule has 0 amide bonds. The van der Waals surface area contributed by atoms with E-state index in [1.165, 1.54) is 0 Å². The number of carbonyl (C=O) groups is 2. The van der Waals surface area contributed by atoms with Crippen LogP contribution in [-0.2, 0) is 26.7 Å². The van der Waals surface area contributed by atoms with Crippen LogP contribution in [0.3, 0.4) is 0 Å². The van der Waals surface area contributed by atoms with Crippen molar-refractivity contribution in [3.05, 3.63) is 0 Å². The summed E-state index contributed by atoms with van der Waals surface area (Å²) in [5.41, 5.74) is 4.92. The number of aliphatic hydroxyl groups excluding tert-OH is 1. The van der Waals surface area contributed by atoms with E-state index in [2.05, 4.69) is 0 Å². The van der Waals surface area contributed by atoms with Gasteiger partial charge in [0.2, 0.25) is 0 Å². The van der Waals surface area contributed by atoms with E-state index in [1.807, 2.05) is 0 Å². The molecule has 1 atom stereocenters. The molecule has 7 heteroatoms. The van der Waals surface area contributed by atoms with Gasteiger partial charge in [-0.1, -0.05) is 0 Å². The number of aliphatic carboxylic acids is 2. The van der Waals surface area contributed by atoms with Gasteiger partial charge in [0, 0.05) is 18.5 Å². The molecule has 0 saturated carbocycles. The van der Waals surface area contributed by atoms with Crippen molar-refractivity contribution in [2.75, 3.05) is 6.54 Å². The number of hydrogen-bond donors (Lipinski definition) is 2. The van der Waals surface area contributed by atoms with Crippen LogP contribution in [0.15, 0.2) is 0 Å². The second kappa shape index (κ2) is 18.2. The molecule has 0 bridgehead atoms. The van der Waals surface area contributed by atoms with E-state index in [4.69, 9.17) is 30.6 Å². The van der Waals surface area contributed by atoms with Crippen molar-refractivity contribution >= 4 is 11.9 Å². The third kappa shape index (κ3) is 644. The monoisotopic (exact) mass is 256 g/mol. The Kier molecular flexibility index (Phi) is 30.3. The van der Waals surface area contributed by atoms with Crippen LogP contribution in [0.5, 0.6) is 0 Å². The van der Waals surface area contributed by atoms with Crippen LogP contribution in [0.25, 0.3) is 0 Å². The number of aliphatic hydroxyl groups is 1. The van der Waals surface area contributed by atoms with Crippen LogP contribution in [0.1, 0.15) is 20.8 Å². The molecule has 1 radical (unpaired) electrons. The standard InChI is InChI=1S/C3H9NO.2C2H4O2.Cu/c1-3(5)2-4;2*1-2(3)4;/h3,5H,2,4H2,1H3;2*1H3,(H,3,4);/q;;;+2/p-2. The molecule has 0 saturated heterocycles. The molecule has 89 valence electrons. The summed E-state index contributed by atoms with van der Waals surface area (Å²) in [4.78, 5) is 17.8. The van der Waals surface area contributed by atoms with E-state index in [1.54, 1.807) is 6.92 Å². The molecule has 0 aliphatic rings. The quantitative estimate of drug-likeness (QED) is 0.477. The fraction of sp³-hybridized carbons (Fsp3) is 0.714. The van der Waals surface area contributed by atoms with Gasteiger partial charge in [0.1, 0.15) is 0 Å². The van der Waals surface area contributed by atoms with Gasteiger partial charge >= 0.3 is 17.1 Å². The number of carbonyl (C=O) groups excluding carboxylic acids is 2. The SMILES string of the molecule is CC(=O)[O-].CC(=O)[O-].CC(O)CN.[Cu+2]. The van der Waals surface area contributed by atoms with Crippen LogP contribution >= 0.6 is 0 Å². The minimum Gasteiger partial charge on any atom is -0.550 e. The van der Waals surface area contributed by atoms with E-state index < -0.39 is 11.9 Å². The molecular weight excluding hydrogens is 242 g/mol. The van der Waals surface area contributed by atoms with Gasteiger partial charge < -0.3 is 30.6 Å². The predicted molar refractivity (Wildman–Crippen MR) is 42.1 cm³/mol. The first-order chi connectivity index (χ1) is 5.73. The summed E-state index contributed by atoms with van der Waals surface area (Å²) in [6, 6.07) is 0. The molecule has 0 aliphatic heterocycles. The Morgan fingerprint density at radius 1 is 1.29 bits per heavy atom. The molecule has 3 N–H and O–H groups in total. The van der Waals surface area contributed by atoms with Crippen molar-refractivity contribution in [1.29, 1.82) is 0 Å². The number of carboxylic acid groups (broad SMARTS) is 2. The summed E-state index contributed by atoms with van der Waals surface area (Å²) in [6.07, 6.45) is -0.338. The molecule has 0 heterocycles. The molecule has 0 aromatic carbocycles. The largest absolute Gasteiger partial charge is 2.00 e. The molecule has 0 spiro atoms. The smallest absolute Gasteiger partial charge is 0.550 e. The van der Waals surface area contributed by atoms with E-state index in [-0.39, 0.29) is 23.2 Å². The Bertz CT molecular complexity index is 120. The second-order valence-electron chi connectivity index (χ2n) is 2.07. The fourth-order valence-electron chi connectivity index (χ4n) is 0. The van der Waals surface area contributed by atoms with Crippen LogP contribution in [0.4, 0.5) is 0 Å². The summed E-state index contributed by atoms with van der Waals surface area (Å²) >= 11 is 0. The zero-order valence-corrected chi connectivity index (χ0v) is 9.19. The van der Waals surface area contributed by atoms with E-state index in [0.717, 1.165) is 13.8 Å². The van der Waals surface area contributed by atoms with Crippen molar-refractivity contribution in [2.45, 2.75) is 26.9 Å². The number of rotatable bonds is 1. The van der Waals surface area contributed by atoms with Gasteiger partial charge in [-0.3, -0.25) is 0 Å². The Morgan fingerprint density at radius 3 is 1.36 bits per heavy atom. The average Bonchev–Trinajstić information content (AvgIpc) is 1.84. The molecule has 0 aliphatic carbocycles. The van der Waals surface area contributed by atoms with E-state index in [9.17, 15) is 0 Å². The third-order valence-corrected chi connectivity index (χ3v) is 0.341. The summed E-state index contributed by atoms with van der Waals surface area (Å²) in [6.45, 7) is 3.96. The third-order valence-electron chi connectivity index (χ3n) is 0.341. The molecule has 0 rings (SSSR count). The van der Waals surface area contributed by atoms with Gasteiger partial charge in [-0.25, -0.2) is 0 Å². The maximum atomic E-state index is 8.89. The number of nitrogens with two attached hydrogens (primary N) is 1. The molecule has 14 heavy (non-hydrogen) atoms. The molecule has 0 fully saturated rings. The van der Waals surface area contributed by atoms with Gasteiger partial charge in [-0.2, -0.15) is 0 Å². The molecule has 6 nitrogen and oxygen atoms in total. The predicted octanol–water partition coefficient (Wildman–Crippen LogP) is -3.16. The first-order valence-electron chi connectivity index (χ1n) is 3.47. The summed E-state index contributed by atoms with van der Waals surface area (Å²) in [5, 5.41) is 26.0. The van der Waals surface area contributed by atoms with Crippen molar-refractivity contribution in [1.82, 2.24) is 0 Å². The number of hydrogen-bond acceptors (Lipinski definition) is 6.